The minimum absolute atomic E-state index is 0.144. The number of aryl methyl sites for hydroxylation is 1. The third kappa shape index (κ3) is 4.27. The summed E-state index contributed by atoms with van der Waals surface area (Å²) in [6, 6.07) is 26.3. The molecule has 1 heterocycles. The Morgan fingerprint density at radius 3 is 2.16 bits per heavy atom. The van der Waals surface area contributed by atoms with E-state index in [1.165, 1.54) is 11.1 Å². The largest absolute Gasteiger partial charge is 0.503 e. The molecule has 0 radical (unpaired) electrons. The maximum absolute atomic E-state index is 13.2. The van der Waals surface area contributed by atoms with Crippen LogP contribution in [0.4, 0.5) is 0 Å². The van der Waals surface area contributed by atoms with Gasteiger partial charge >= 0.3 is 0 Å². The second-order valence-electron chi connectivity index (χ2n) is 8.59. The maximum Gasteiger partial charge on any atom is 0.289 e. The summed E-state index contributed by atoms with van der Waals surface area (Å²) in [4.78, 5) is 15.0. The molecule has 1 atom stereocenters. The van der Waals surface area contributed by atoms with Gasteiger partial charge in [0, 0.05) is 12.1 Å². The van der Waals surface area contributed by atoms with E-state index >= 15 is 0 Å². The molecule has 3 aromatic rings. The summed E-state index contributed by atoms with van der Waals surface area (Å²) in [5, 5.41) is 10.9. The molecule has 0 saturated heterocycles. The average molecular weight is 412 g/mol. The lowest BCUT2D eigenvalue weighted by molar-refractivity contribution is -0.129. The number of carbonyl (C=O) groups is 1. The molecule has 0 aliphatic carbocycles. The smallest absolute Gasteiger partial charge is 0.289 e. The fraction of sp³-hybridized carbons (Fsp3) is 0.250. The summed E-state index contributed by atoms with van der Waals surface area (Å²) in [6.07, 6.45) is 0.738. The molecule has 3 aromatic carbocycles. The van der Waals surface area contributed by atoms with Crippen LogP contribution in [0.2, 0.25) is 0 Å². The molecule has 3 nitrogen and oxygen atoms in total. The van der Waals surface area contributed by atoms with Crippen molar-refractivity contribution in [3.8, 4) is 0 Å². The third-order valence-corrected chi connectivity index (χ3v) is 6.07. The first-order valence-corrected chi connectivity index (χ1v) is 10.9. The number of carbonyl (C=O) groups excluding carboxylic acids is 1. The molecule has 158 valence electrons. The highest BCUT2D eigenvalue weighted by molar-refractivity contribution is 6.05. The second kappa shape index (κ2) is 8.81. The van der Waals surface area contributed by atoms with Crippen molar-refractivity contribution >= 4 is 11.5 Å². The van der Waals surface area contributed by atoms with Crippen molar-refractivity contribution in [2.45, 2.75) is 39.2 Å². The standard InChI is InChI=1S/C28H29NO2/c1-19(2)22-13-15-24(16-14-22)26-25(23-11-9-20(3)10-12-23)27(30)28(31)29(26)18-17-21-7-5-4-6-8-21/h4-16,19,26,30H,17-18H2,1-3H3/t26-/m1/s1. The summed E-state index contributed by atoms with van der Waals surface area (Å²) in [5.74, 6) is -0.00625. The van der Waals surface area contributed by atoms with Crippen LogP contribution in [0.15, 0.2) is 84.6 Å². The first kappa shape index (κ1) is 20.9. The number of aliphatic hydroxyl groups is 1. The summed E-state index contributed by atoms with van der Waals surface area (Å²) >= 11 is 0. The minimum Gasteiger partial charge on any atom is -0.503 e. The molecule has 0 aromatic heterocycles. The lowest BCUT2D eigenvalue weighted by Crippen LogP contribution is -2.32. The third-order valence-electron chi connectivity index (χ3n) is 6.07. The molecule has 1 N–H and O–H groups in total. The monoisotopic (exact) mass is 411 g/mol. The topological polar surface area (TPSA) is 40.5 Å². The van der Waals surface area contributed by atoms with Crippen molar-refractivity contribution in [3.63, 3.8) is 0 Å². The summed E-state index contributed by atoms with van der Waals surface area (Å²) in [7, 11) is 0. The normalized spacial score (nSPS) is 16.5. The number of rotatable bonds is 6. The highest BCUT2D eigenvalue weighted by atomic mass is 16.3. The van der Waals surface area contributed by atoms with Gasteiger partial charge in [-0.2, -0.15) is 0 Å². The van der Waals surface area contributed by atoms with Crippen LogP contribution in [0, 0.1) is 6.92 Å². The van der Waals surface area contributed by atoms with E-state index in [1.807, 2.05) is 54.3 Å². The van der Waals surface area contributed by atoms with Gasteiger partial charge in [-0.05, 0) is 41.5 Å². The van der Waals surface area contributed by atoms with Gasteiger partial charge in [-0.15, -0.1) is 0 Å². The van der Waals surface area contributed by atoms with Gasteiger partial charge in [0.1, 0.15) is 0 Å². The zero-order chi connectivity index (χ0) is 22.0. The highest BCUT2D eigenvalue weighted by Crippen LogP contribution is 2.43. The molecule has 0 spiro atoms. The zero-order valence-electron chi connectivity index (χ0n) is 18.4. The van der Waals surface area contributed by atoms with Gasteiger partial charge in [-0.3, -0.25) is 4.79 Å². The van der Waals surface area contributed by atoms with E-state index in [2.05, 4.69) is 50.2 Å². The SMILES string of the molecule is Cc1ccc(C2=C(O)C(=O)N(CCc3ccccc3)[C@@H]2c2ccc(C(C)C)cc2)cc1. The van der Waals surface area contributed by atoms with Crippen molar-refractivity contribution in [2.24, 2.45) is 0 Å². The molecule has 4 rings (SSSR count). The van der Waals surface area contributed by atoms with Crippen LogP contribution in [0.5, 0.6) is 0 Å². The van der Waals surface area contributed by atoms with Crippen LogP contribution in [-0.2, 0) is 11.2 Å². The van der Waals surface area contributed by atoms with E-state index in [4.69, 9.17) is 0 Å². The molecule has 0 fully saturated rings. The maximum atomic E-state index is 13.2. The lowest BCUT2D eigenvalue weighted by atomic mass is 9.91. The Bertz CT molecular complexity index is 1080. The number of hydrogen-bond donors (Lipinski definition) is 1. The molecule has 1 aliphatic heterocycles. The van der Waals surface area contributed by atoms with Crippen LogP contribution in [-0.4, -0.2) is 22.5 Å². The number of benzene rings is 3. The predicted octanol–water partition coefficient (Wildman–Crippen LogP) is 6.21. The fourth-order valence-electron chi connectivity index (χ4n) is 4.22. The Morgan fingerprint density at radius 2 is 1.55 bits per heavy atom. The van der Waals surface area contributed by atoms with Crippen LogP contribution in [0.1, 0.15) is 53.6 Å². The molecule has 3 heteroatoms. The van der Waals surface area contributed by atoms with E-state index in [1.54, 1.807) is 0 Å². The Labute approximate surface area is 184 Å². The van der Waals surface area contributed by atoms with Crippen LogP contribution in [0.25, 0.3) is 5.57 Å². The van der Waals surface area contributed by atoms with Crippen LogP contribution in [0.3, 0.4) is 0 Å². The average Bonchev–Trinajstić information content (AvgIpc) is 3.04. The van der Waals surface area contributed by atoms with Crippen molar-refractivity contribution in [1.29, 1.82) is 0 Å². The Hall–Kier alpha value is -3.33. The van der Waals surface area contributed by atoms with Gasteiger partial charge in [-0.25, -0.2) is 0 Å². The van der Waals surface area contributed by atoms with Gasteiger partial charge in [0.25, 0.3) is 5.91 Å². The Kier molecular flexibility index (Phi) is 5.94. The highest BCUT2D eigenvalue weighted by Gasteiger charge is 2.40. The lowest BCUT2D eigenvalue weighted by Gasteiger charge is -2.28. The molecule has 31 heavy (non-hydrogen) atoms. The number of aliphatic hydroxyl groups excluding tert-OH is 1. The molecular formula is C28H29NO2. The van der Waals surface area contributed by atoms with Crippen molar-refractivity contribution in [2.75, 3.05) is 6.54 Å². The molecule has 0 unspecified atom stereocenters. The first-order chi connectivity index (χ1) is 15.0. The molecule has 0 bridgehead atoms. The van der Waals surface area contributed by atoms with E-state index in [9.17, 15) is 9.90 Å². The van der Waals surface area contributed by atoms with Gasteiger partial charge in [0.05, 0.1) is 6.04 Å². The molecule has 1 aliphatic rings. The molecule has 1 amide bonds. The number of hydrogen-bond acceptors (Lipinski definition) is 2. The number of amides is 1. The second-order valence-corrected chi connectivity index (χ2v) is 8.59. The van der Waals surface area contributed by atoms with Crippen molar-refractivity contribution in [3.05, 3.63) is 112 Å². The van der Waals surface area contributed by atoms with E-state index in [-0.39, 0.29) is 17.7 Å². The zero-order valence-corrected chi connectivity index (χ0v) is 18.4. The van der Waals surface area contributed by atoms with Crippen molar-refractivity contribution < 1.29 is 9.90 Å². The van der Waals surface area contributed by atoms with Crippen molar-refractivity contribution in [1.82, 2.24) is 4.90 Å². The molecule has 0 saturated carbocycles. The molecular weight excluding hydrogens is 382 g/mol. The first-order valence-electron chi connectivity index (χ1n) is 10.9. The summed E-state index contributed by atoms with van der Waals surface area (Å²) in [5.41, 5.74) is 6.17. The van der Waals surface area contributed by atoms with Crippen LogP contribution >= 0.6 is 0 Å². The van der Waals surface area contributed by atoms with E-state index in [0.29, 0.717) is 18.0 Å². The van der Waals surface area contributed by atoms with Gasteiger partial charge in [-0.1, -0.05) is 98.3 Å². The Balaban J connectivity index is 1.73. The van der Waals surface area contributed by atoms with Gasteiger partial charge in [0.15, 0.2) is 5.76 Å². The Morgan fingerprint density at radius 1 is 0.903 bits per heavy atom. The minimum atomic E-state index is -0.305. The summed E-state index contributed by atoms with van der Waals surface area (Å²) in [6.45, 7) is 6.92. The van der Waals surface area contributed by atoms with E-state index < -0.39 is 0 Å². The van der Waals surface area contributed by atoms with Crippen LogP contribution < -0.4 is 0 Å². The summed E-state index contributed by atoms with van der Waals surface area (Å²) < 4.78 is 0. The fourth-order valence-corrected chi connectivity index (χ4v) is 4.22. The van der Waals surface area contributed by atoms with Gasteiger partial charge in [0.2, 0.25) is 0 Å². The van der Waals surface area contributed by atoms with E-state index in [0.717, 1.165) is 23.1 Å². The number of nitrogens with zero attached hydrogens (tertiary/aromatic N) is 1. The quantitative estimate of drug-likeness (QED) is 0.523. The predicted molar refractivity (Wildman–Crippen MR) is 126 cm³/mol. The van der Waals surface area contributed by atoms with Gasteiger partial charge < -0.3 is 10.0 Å².